The van der Waals surface area contributed by atoms with Crippen molar-refractivity contribution in [1.82, 2.24) is 15.1 Å². The smallest absolute Gasteiger partial charge is 0.325 e. The van der Waals surface area contributed by atoms with Gasteiger partial charge in [-0.05, 0) is 51.1 Å². The van der Waals surface area contributed by atoms with Gasteiger partial charge in [0, 0.05) is 11.6 Å². The van der Waals surface area contributed by atoms with Crippen molar-refractivity contribution < 1.29 is 18.0 Å². The standard InChI is InChI=1S/C17H19F3N4OS/c1-11-22-23-16(26-11)12-5-7-24(8-6-12)10-15(25)21-14-4-2-3-13(9-14)17(18,19)20/h2-4,9,12H,5-8,10H2,1H3,(H,21,25). The van der Waals surface area contributed by atoms with E-state index >= 15 is 0 Å². The summed E-state index contributed by atoms with van der Waals surface area (Å²) in [5.74, 6) is 0.0542. The summed E-state index contributed by atoms with van der Waals surface area (Å²) >= 11 is 1.60. The maximum atomic E-state index is 12.7. The van der Waals surface area contributed by atoms with Crippen LogP contribution in [0.3, 0.4) is 0 Å². The molecule has 0 aliphatic carbocycles. The Hall–Kier alpha value is -2.00. The summed E-state index contributed by atoms with van der Waals surface area (Å²) in [6.45, 7) is 3.59. The number of nitrogens with zero attached hydrogens (tertiary/aromatic N) is 3. The minimum absolute atomic E-state index is 0.157. The fraction of sp³-hybridized carbons (Fsp3) is 0.471. The van der Waals surface area contributed by atoms with Gasteiger partial charge in [0.2, 0.25) is 5.91 Å². The number of amides is 1. The molecule has 0 bridgehead atoms. The summed E-state index contributed by atoms with van der Waals surface area (Å²) in [5, 5.41) is 12.8. The first-order valence-corrected chi connectivity index (χ1v) is 9.12. The zero-order valence-electron chi connectivity index (χ0n) is 14.2. The van der Waals surface area contributed by atoms with Gasteiger partial charge in [0.15, 0.2) is 0 Å². The molecule has 1 aliphatic rings. The number of benzene rings is 1. The molecule has 1 aromatic carbocycles. The number of aryl methyl sites for hydroxylation is 1. The fourth-order valence-electron chi connectivity index (χ4n) is 2.99. The molecule has 140 valence electrons. The Bertz CT molecular complexity index is 769. The van der Waals surface area contributed by atoms with Gasteiger partial charge >= 0.3 is 6.18 Å². The first-order chi connectivity index (χ1) is 12.3. The van der Waals surface area contributed by atoms with Gasteiger partial charge < -0.3 is 5.32 Å². The monoisotopic (exact) mass is 384 g/mol. The van der Waals surface area contributed by atoms with Crippen LogP contribution in [0.4, 0.5) is 18.9 Å². The molecule has 1 fully saturated rings. The average molecular weight is 384 g/mol. The summed E-state index contributed by atoms with van der Waals surface area (Å²) in [5.41, 5.74) is -0.618. The Labute approximate surface area is 153 Å². The molecule has 0 radical (unpaired) electrons. The maximum absolute atomic E-state index is 12.7. The molecule has 0 unspecified atom stereocenters. The van der Waals surface area contributed by atoms with Crippen LogP contribution in [0, 0.1) is 6.92 Å². The van der Waals surface area contributed by atoms with Crippen LogP contribution in [0.2, 0.25) is 0 Å². The number of rotatable bonds is 4. The minimum Gasteiger partial charge on any atom is -0.325 e. The van der Waals surface area contributed by atoms with Crippen molar-refractivity contribution in [2.75, 3.05) is 25.0 Å². The van der Waals surface area contributed by atoms with Gasteiger partial charge in [0.1, 0.15) is 10.0 Å². The highest BCUT2D eigenvalue weighted by molar-refractivity contribution is 7.11. The van der Waals surface area contributed by atoms with E-state index < -0.39 is 11.7 Å². The zero-order chi connectivity index (χ0) is 18.7. The maximum Gasteiger partial charge on any atom is 0.416 e. The molecule has 5 nitrogen and oxygen atoms in total. The molecule has 1 aliphatic heterocycles. The van der Waals surface area contributed by atoms with Gasteiger partial charge in [-0.1, -0.05) is 6.07 Å². The van der Waals surface area contributed by atoms with Crippen LogP contribution in [0.5, 0.6) is 0 Å². The number of piperidine rings is 1. The van der Waals surface area contributed by atoms with Gasteiger partial charge in [-0.3, -0.25) is 9.69 Å². The Morgan fingerprint density at radius 1 is 1.31 bits per heavy atom. The summed E-state index contributed by atoms with van der Waals surface area (Å²) in [6.07, 6.45) is -2.64. The van der Waals surface area contributed by atoms with E-state index in [1.54, 1.807) is 11.3 Å². The number of halogens is 3. The van der Waals surface area contributed by atoms with Gasteiger partial charge in [0.25, 0.3) is 0 Å². The van der Waals surface area contributed by atoms with Crippen LogP contribution in [-0.2, 0) is 11.0 Å². The fourth-order valence-corrected chi connectivity index (χ4v) is 3.86. The summed E-state index contributed by atoms with van der Waals surface area (Å²) < 4.78 is 38.2. The van der Waals surface area contributed by atoms with Crippen LogP contribution in [0.25, 0.3) is 0 Å². The summed E-state index contributed by atoms with van der Waals surface area (Å²) in [4.78, 5) is 14.1. The number of anilines is 1. The van der Waals surface area contributed by atoms with Crippen molar-refractivity contribution in [3.05, 3.63) is 39.8 Å². The van der Waals surface area contributed by atoms with E-state index in [9.17, 15) is 18.0 Å². The largest absolute Gasteiger partial charge is 0.416 e. The lowest BCUT2D eigenvalue weighted by molar-refractivity contribution is -0.137. The molecule has 2 aromatic rings. The minimum atomic E-state index is -4.42. The van der Waals surface area contributed by atoms with Crippen LogP contribution < -0.4 is 5.32 Å². The molecular formula is C17H19F3N4OS. The molecular weight excluding hydrogens is 365 g/mol. The second kappa shape index (κ2) is 7.71. The van der Waals surface area contributed by atoms with Gasteiger partial charge in [-0.2, -0.15) is 13.2 Å². The van der Waals surface area contributed by atoms with Crippen LogP contribution in [0.15, 0.2) is 24.3 Å². The van der Waals surface area contributed by atoms with E-state index in [0.717, 1.165) is 48.1 Å². The second-order valence-electron chi connectivity index (χ2n) is 6.34. The third-order valence-electron chi connectivity index (χ3n) is 4.32. The zero-order valence-corrected chi connectivity index (χ0v) is 15.0. The lowest BCUT2D eigenvalue weighted by atomic mass is 9.98. The number of hydrogen-bond acceptors (Lipinski definition) is 5. The van der Waals surface area contributed by atoms with Gasteiger partial charge in [-0.25, -0.2) is 0 Å². The number of carbonyl (C=O) groups excluding carboxylic acids is 1. The Balaban J connectivity index is 1.50. The molecule has 0 spiro atoms. The predicted molar refractivity (Wildman–Crippen MR) is 93.1 cm³/mol. The summed E-state index contributed by atoms with van der Waals surface area (Å²) in [7, 11) is 0. The van der Waals surface area contributed by atoms with Crippen LogP contribution in [0.1, 0.15) is 34.3 Å². The lowest BCUT2D eigenvalue weighted by Gasteiger charge is -2.30. The highest BCUT2D eigenvalue weighted by Gasteiger charge is 2.30. The highest BCUT2D eigenvalue weighted by Crippen LogP contribution is 2.31. The van der Waals surface area contributed by atoms with Gasteiger partial charge in [0.05, 0.1) is 12.1 Å². The molecule has 3 rings (SSSR count). The van der Waals surface area contributed by atoms with E-state index in [0.29, 0.717) is 5.92 Å². The molecule has 0 saturated carbocycles. The van der Waals surface area contributed by atoms with Crippen molar-refractivity contribution in [1.29, 1.82) is 0 Å². The SMILES string of the molecule is Cc1nnc(C2CCN(CC(=O)Nc3cccc(C(F)(F)F)c3)CC2)s1. The molecule has 0 atom stereocenters. The molecule has 9 heteroatoms. The normalized spacial score (nSPS) is 16.6. The van der Waals surface area contributed by atoms with E-state index in [-0.39, 0.29) is 18.1 Å². The molecule has 26 heavy (non-hydrogen) atoms. The van der Waals surface area contributed by atoms with Crippen molar-refractivity contribution in [2.24, 2.45) is 0 Å². The predicted octanol–water partition coefficient (Wildman–Crippen LogP) is 3.68. The number of alkyl halides is 3. The number of hydrogen-bond donors (Lipinski definition) is 1. The average Bonchev–Trinajstić information content (AvgIpc) is 3.01. The van der Waals surface area contributed by atoms with Crippen molar-refractivity contribution in [3.63, 3.8) is 0 Å². The number of nitrogens with one attached hydrogen (secondary N) is 1. The first-order valence-electron chi connectivity index (χ1n) is 8.31. The molecule has 1 amide bonds. The Kier molecular flexibility index (Phi) is 5.57. The molecule has 1 saturated heterocycles. The third-order valence-corrected chi connectivity index (χ3v) is 5.32. The first kappa shape index (κ1) is 18.8. The van der Waals surface area contributed by atoms with E-state index in [4.69, 9.17) is 0 Å². The van der Waals surface area contributed by atoms with E-state index in [1.165, 1.54) is 12.1 Å². The molecule has 1 N–H and O–H groups in total. The lowest BCUT2D eigenvalue weighted by Crippen LogP contribution is -2.38. The van der Waals surface area contributed by atoms with E-state index in [2.05, 4.69) is 15.5 Å². The topological polar surface area (TPSA) is 58.1 Å². The Morgan fingerprint density at radius 2 is 2.04 bits per heavy atom. The van der Waals surface area contributed by atoms with Crippen LogP contribution in [-0.4, -0.2) is 40.6 Å². The molecule has 2 heterocycles. The number of aromatic nitrogens is 2. The third kappa shape index (κ3) is 4.79. The van der Waals surface area contributed by atoms with Crippen molar-refractivity contribution >= 4 is 22.9 Å². The summed E-state index contributed by atoms with van der Waals surface area (Å²) in [6, 6.07) is 4.67. The van der Waals surface area contributed by atoms with Crippen molar-refractivity contribution in [2.45, 2.75) is 31.9 Å². The van der Waals surface area contributed by atoms with Crippen molar-refractivity contribution in [3.8, 4) is 0 Å². The van der Waals surface area contributed by atoms with E-state index in [1.807, 2.05) is 11.8 Å². The van der Waals surface area contributed by atoms with Gasteiger partial charge in [-0.15, -0.1) is 21.5 Å². The quantitative estimate of drug-likeness (QED) is 0.874. The van der Waals surface area contributed by atoms with Crippen LogP contribution >= 0.6 is 11.3 Å². The number of carbonyl (C=O) groups is 1. The molecule has 1 aromatic heterocycles. The number of likely N-dealkylation sites (tertiary alicyclic amines) is 1. The highest BCUT2D eigenvalue weighted by atomic mass is 32.1. The Morgan fingerprint density at radius 3 is 2.65 bits per heavy atom. The second-order valence-corrected chi connectivity index (χ2v) is 7.55.